The zero-order chi connectivity index (χ0) is 18.6. The summed E-state index contributed by atoms with van der Waals surface area (Å²) in [7, 11) is 2.53. The minimum atomic E-state index is -0.592. The lowest BCUT2D eigenvalue weighted by atomic mass is 10.0. The summed E-state index contributed by atoms with van der Waals surface area (Å²) in [5.74, 6) is -0.775. The number of esters is 2. The monoisotopic (exact) mass is 368 g/mol. The van der Waals surface area contributed by atoms with E-state index in [0.717, 1.165) is 30.8 Å². The number of thiophene rings is 1. The molecule has 0 spiro atoms. The van der Waals surface area contributed by atoms with Crippen LogP contribution in [0, 0.1) is 12.8 Å². The highest BCUT2D eigenvalue weighted by Crippen LogP contribution is 2.34. The van der Waals surface area contributed by atoms with Gasteiger partial charge in [-0.2, -0.15) is 0 Å². The Morgan fingerprint density at radius 3 is 2.52 bits per heavy atom. The van der Waals surface area contributed by atoms with Gasteiger partial charge in [-0.25, -0.2) is 9.59 Å². The Hall–Kier alpha value is -1.93. The summed E-state index contributed by atoms with van der Waals surface area (Å²) < 4.78 is 9.52. The van der Waals surface area contributed by atoms with Crippen molar-refractivity contribution in [2.24, 2.45) is 5.92 Å². The fraction of sp³-hybridized carbons (Fsp3) is 0.588. The van der Waals surface area contributed by atoms with E-state index in [1.807, 2.05) is 0 Å². The average molecular weight is 368 g/mol. The Kier molecular flexibility index (Phi) is 6.55. The molecule has 8 heteroatoms. The summed E-state index contributed by atoms with van der Waals surface area (Å²) in [5, 5.41) is 3.08. The van der Waals surface area contributed by atoms with Gasteiger partial charge in [-0.15, -0.1) is 11.3 Å². The Morgan fingerprint density at radius 2 is 1.92 bits per heavy atom. The first-order chi connectivity index (χ1) is 11.9. The number of methoxy groups -OCH3 is 2. The minimum absolute atomic E-state index is 0.202. The van der Waals surface area contributed by atoms with Crippen LogP contribution in [0.2, 0.25) is 0 Å². The molecule has 1 aliphatic heterocycles. The SMILES string of the molecule is COC(=O)c1sc(NC(=O)CN2CCC[C@@H](C)C2)c(C(=O)OC)c1C. The van der Waals surface area contributed by atoms with E-state index in [1.54, 1.807) is 6.92 Å². The lowest BCUT2D eigenvalue weighted by Crippen LogP contribution is -2.39. The second kappa shape index (κ2) is 8.44. The predicted molar refractivity (Wildman–Crippen MR) is 95.2 cm³/mol. The van der Waals surface area contributed by atoms with Gasteiger partial charge in [0.2, 0.25) is 5.91 Å². The van der Waals surface area contributed by atoms with Gasteiger partial charge in [0.1, 0.15) is 9.88 Å². The van der Waals surface area contributed by atoms with Gasteiger partial charge in [0.15, 0.2) is 0 Å². The maximum absolute atomic E-state index is 12.4. The molecule has 0 bridgehead atoms. The third-order valence-corrected chi connectivity index (χ3v) is 5.46. The summed E-state index contributed by atoms with van der Waals surface area (Å²) >= 11 is 1.03. The van der Waals surface area contributed by atoms with Crippen molar-refractivity contribution in [3.63, 3.8) is 0 Å². The fourth-order valence-electron chi connectivity index (χ4n) is 3.04. The maximum atomic E-state index is 12.4. The molecule has 0 unspecified atom stereocenters. The number of likely N-dealkylation sites (tertiary alicyclic amines) is 1. The highest BCUT2D eigenvalue weighted by Gasteiger charge is 2.27. The van der Waals surface area contributed by atoms with Crippen LogP contribution < -0.4 is 5.32 Å². The number of piperidine rings is 1. The molecule has 1 atom stereocenters. The molecule has 25 heavy (non-hydrogen) atoms. The van der Waals surface area contributed by atoms with Gasteiger partial charge >= 0.3 is 11.9 Å². The molecule has 1 amide bonds. The topological polar surface area (TPSA) is 84.9 Å². The number of nitrogens with one attached hydrogen (secondary N) is 1. The van der Waals surface area contributed by atoms with E-state index < -0.39 is 11.9 Å². The third kappa shape index (κ3) is 4.58. The van der Waals surface area contributed by atoms with Gasteiger partial charge in [0.05, 0.1) is 26.3 Å². The lowest BCUT2D eigenvalue weighted by Gasteiger charge is -2.30. The van der Waals surface area contributed by atoms with Gasteiger partial charge in [0.25, 0.3) is 0 Å². The second-order valence-electron chi connectivity index (χ2n) is 6.27. The predicted octanol–water partition coefficient (Wildman–Crippen LogP) is 2.30. The zero-order valence-corrected chi connectivity index (χ0v) is 15.8. The summed E-state index contributed by atoms with van der Waals surface area (Å²) in [4.78, 5) is 38.7. The normalized spacial score (nSPS) is 17.8. The van der Waals surface area contributed by atoms with Gasteiger partial charge in [-0.3, -0.25) is 9.69 Å². The smallest absolute Gasteiger partial charge is 0.348 e. The number of rotatable bonds is 5. The molecular weight excluding hydrogens is 344 g/mol. The van der Waals surface area contributed by atoms with E-state index in [9.17, 15) is 14.4 Å². The molecule has 0 radical (unpaired) electrons. The number of anilines is 1. The minimum Gasteiger partial charge on any atom is -0.465 e. The summed E-state index contributed by atoms with van der Waals surface area (Å²) in [6.45, 7) is 5.84. The van der Waals surface area contributed by atoms with E-state index in [4.69, 9.17) is 9.47 Å². The van der Waals surface area contributed by atoms with Crippen molar-refractivity contribution in [3.05, 3.63) is 16.0 Å². The molecule has 1 fully saturated rings. The van der Waals surface area contributed by atoms with E-state index >= 15 is 0 Å². The van der Waals surface area contributed by atoms with Gasteiger partial charge < -0.3 is 14.8 Å². The number of hydrogen-bond donors (Lipinski definition) is 1. The van der Waals surface area contributed by atoms with Crippen LogP contribution in [0.4, 0.5) is 5.00 Å². The largest absolute Gasteiger partial charge is 0.465 e. The summed E-state index contributed by atoms with van der Waals surface area (Å²) in [6, 6.07) is 0. The molecule has 0 aliphatic carbocycles. The molecule has 138 valence electrons. The van der Waals surface area contributed by atoms with Crippen molar-refractivity contribution in [1.82, 2.24) is 4.90 Å². The number of nitrogens with zero attached hydrogens (tertiary/aromatic N) is 1. The van der Waals surface area contributed by atoms with Crippen LogP contribution in [0.5, 0.6) is 0 Å². The molecule has 7 nitrogen and oxygen atoms in total. The van der Waals surface area contributed by atoms with E-state index in [1.165, 1.54) is 20.6 Å². The molecule has 0 saturated carbocycles. The van der Waals surface area contributed by atoms with Crippen molar-refractivity contribution in [2.75, 3.05) is 39.2 Å². The fourth-order valence-corrected chi connectivity index (χ4v) is 4.17. The number of carbonyl (C=O) groups excluding carboxylic acids is 3. The first-order valence-electron chi connectivity index (χ1n) is 8.19. The van der Waals surface area contributed by atoms with Gasteiger partial charge in [-0.1, -0.05) is 6.92 Å². The van der Waals surface area contributed by atoms with Crippen LogP contribution in [0.15, 0.2) is 0 Å². The quantitative estimate of drug-likeness (QED) is 0.803. The van der Waals surface area contributed by atoms with E-state index in [-0.39, 0.29) is 22.9 Å². The van der Waals surface area contributed by atoms with Crippen LogP contribution in [-0.2, 0) is 14.3 Å². The molecule has 1 aliphatic rings. The standard InChI is InChI=1S/C17H24N2O5S/c1-10-6-5-7-19(8-10)9-12(20)18-15-13(16(21)23-3)11(2)14(25-15)17(22)24-4/h10H,5-9H2,1-4H3,(H,18,20)/t10-/m1/s1. The Bertz CT molecular complexity index is 670. The highest BCUT2D eigenvalue weighted by molar-refractivity contribution is 7.18. The average Bonchev–Trinajstić information content (AvgIpc) is 2.89. The molecule has 1 N–H and O–H groups in total. The van der Waals surface area contributed by atoms with Gasteiger partial charge in [0, 0.05) is 6.54 Å². The molecule has 1 saturated heterocycles. The molecule has 2 rings (SSSR count). The van der Waals surface area contributed by atoms with Crippen molar-refractivity contribution in [1.29, 1.82) is 0 Å². The van der Waals surface area contributed by atoms with Crippen LogP contribution in [-0.4, -0.2) is 56.6 Å². The van der Waals surface area contributed by atoms with E-state index in [0.29, 0.717) is 16.5 Å². The van der Waals surface area contributed by atoms with Crippen molar-refractivity contribution in [3.8, 4) is 0 Å². The molecular formula is C17H24N2O5S. The molecule has 1 aromatic heterocycles. The lowest BCUT2D eigenvalue weighted by molar-refractivity contribution is -0.117. The van der Waals surface area contributed by atoms with Crippen molar-refractivity contribution < 1.29 is 23.9 Å². The van der Waals surface area contributed by atoms with Crippen LogP contribution in [0.3, 0.4) is 0 Å². The molecule has 0 aromatic carbocycles. The number of carbonyl (C=O) groups is 3. The first kappa shape index (κ1) is 19.4. The van der Waals surface area contributed by atoms with Crippen molar-refractivity contribution >= 4 is 34.2 Å². The Morgan fingerprint density at radius 1 is 1.24 bits per heavy atom. The summed E-state index contributed by atoms with van der Waals surface area (Å²) in [5.41, 5.74) is 0.652. The van der Waals surface area contributed by atoms with Crippen LogP contribution in [0.25, 0.3) is 0 Å². The van der Waals surface area contributed by atoms with Crippen molar-refractivity contribution in [2.45, 2.75) is 26.7 Å². The number of hydrogen-bond acceptors (Lipinski definition) is 7. The maximum Gasteiger partial charge on any atom is 0.348 e. The zero-order valence-electron chi connectivity index (χ0n) is 15.0. The third-order valence-electron chi connectivity index (χ3n) is 4.27. The van der Waals surface area contributed by atoms with Crippen LogP contribution in [0.1, 0.15) is 45.4 Å². The number of ether oxygens (including phenoxy) is 2. The first-order valence-corrected chi connectivity index (χ1v) is 9.01. The van der Waals surface area contributed by atoms with E-state index in [2.05, 4.69) is 17.1 Å². The Labute approximate surface area is 151 Å². The summed E-state index contributed by atoms with van der Waals surface area (Å²) in [6.07, 6.45) is 2.25. The second-order valence-corrected chi connectivity index (χ2v) is 7.29. The molecule has 2 heterocycles. The van der Waals surface area contributed by atoms with Gasteiger partial charge in [-0.05, 0) is 37.8 Å². The van der Waals surface area contributed by atoms with Crippen LogP contribution >= 0.6 is 11.3 Å². The highest BCUT2D eigenvalue weighted by atomic mass is 32.1. The Balaban J connectivity index is 2.18. The molecule has 1 aromatic rings. The number of amides is 1.